The third-order valence-electron chi connectivity index (χ3n) is 3.20. The number of hydrogen-bond acceptors (Lipinski definition) is 3. The monoisotopic (exact) mass is 270 g/mol. The molecule has 0 radical (unpaired) electrons. The Morgan fingerprint density at radius 3 is 2.70 bits per heavy atom. The highest BCUT2D eigenvalue weighted by molar-refractivity contribution is 5.92. The molecule has 2 heterocycles. The number of rotatable bonds is 3. The number of anilines is 1. The van der Waals surface area contributed by atoms with Gasteiger partial charge in [-0.3, -0.25) is 19.8 Å². The van der Waals surface area contributed by atoms with E-state index in [9.17, 15) is 9.59 Å². The molecule has 0 amide bonds. The maximum Gasteiger partial charge on any atom is 0.272 e. The fourth-order valence-corrected chi connectivity index (χ4v) is 2.24. The number of aromatic nitrogens is 3. The Morgan fingerprint density at radius 2 is 1.95 bits per heavy atom. The fraction of sp³-hybridized carbons (Fsp3) is 0.143. The van der Waals surface area contributed by atoms with E-state index in [2.05, 4.69) is 15.5 Å². The smallest absolute Gasteiger partial charge is 0.272 e. The van der Waals surface area contributed by atoms with Gasteiger partial charge in [-0.15, -0.1) is 0 Å². The van der Waals surface area contributed by atoms with E-state index < -0.39 is 0 Å². The van der Waals surface area contributed by atoms with Gasteiger partial charge in [0.05, 0.1) is 10.8 Å². The van der Waals surface area contributed by atoms with Gasteiger partial charge in [0, 0.05) is 31.7 Å². The lowest BCUT2D eigenvalue weighted by molar-refractivity contribution is 0.920. The summed E-state index contributed by atoms with van der Waals surface area (Å²) in [5.41, 5.74) is 1.14. The van der Waals surface area contributed by atoms with E-state index in [0.29, 0.717) is 23.0 Å². The molecule has 0 fully saturated rings. The van der Waals surface area contributed by atoms with Crippen molar-refractivity contribution in [3.05, 3.63) is 62.9 Å². The van der Waals surface area contributed by atoms with Crippen molar-refractivity contribution in [3.63, 3.8) is 0 Å². The molecule has 0 spiro atoms. The highest BCUT2D eigenvalue weighted by atomic mass is 16.1. The maximum atomic E-state index is 11.9. The fourth-order valence-electron chi connectivity index (χ4n) is 2.24. The number of aromatic amines is 2. The number of nitrogens with one attached hydrogen (secondary N) is 3. The van der Waals surface area contributed by atoms with Crippen LogP contribution in [0.15, 0.2) is 46.2 Å². The zero-order chi connectivity index (χ0) is 14.1. The van der Waals surface area contributed by atoms with Crippen LogP contribution in [0.1, 0.15) is 5.56 Å². The van der Waals surface area contributed by atoms with Gasteiger partial charge in [-0.1, -0.05) is 6.07 Å². The third kappa shape index (κ3) is 2.11. The van der Waals surface area contributed by atoms with E-state index in [0.717, 1.165) is 5.56 Å². The highest BCUT2D eigenvalue weighted by Crippen LogP contribution is 2.17. The molecular formula is C14H14N4O2. The van der Waals surface area contributed by atoms with E-state index in [4.69, 9.17) is 0 Å². The van der Waals surface area contributed by atoms with Gasteiger partial charge >= 0.3 is 0 Å². The lowest BCUT2D eigenvalue weighted by Gasteiger charge is -2.07. The van der Waals surface area contributed by atoms with Crippen LogP contribution in [0, 0.1) is 0 Å². The van der Waals surface area contributed by atoms with Gasteiger partial charge in [0.2, 0.25) is 0 Å². The molecule has 3 N–H and O–H groups in total. The molecule has 6 nitrogen and oxygen atoms in total. The normalized spacial score (nSPS) is 10.8. The lowest BCUT2D eigenvalue weighted by atomic mass is 10.1. The van der Waals surface area contributed by atoms with Crippen molar-refractivity contribution >= 4 is 16.5 Å². The molecule has 3 rings (SSSR count). The molecule has 20 heavy (non-hydrogen) atoms. The molecule has 0 unspecified atom stereocenters. The van der Waals surface area contributed by atoms with Crippen molar-refractivity contribution in [1.82, 2.24) is 14.8 Å². The van der Waals surface area contributed by atoms with Gasteiger partial charge in [-0.2, -0.15) is 0 Å². The number of aryl methyl sites for hydroxylation is 1. The van der Waals surface area contributed by atoms with Crippen LogP contribution >= 0.6 is 0 Å². The summed E-state index contributed by atoms with van der Waals surface area (Å²) in [7, 11) is 1.95. The predicted molar refractivity (Wildman–Crippen MR) is 77.9 cm³/mol. The van der Waals surface area contributed by atoms with E-state index in [1.54, 1.807) is 18.2 Å². The zero-order valence-corrected chi connectivity index (χ0v) is 10.9. The number of hydrogen-bond donors (Lipinski definition) is 3. The van der Waals surface area contributed by atoms with Crippen LogP contribution in [0.5, 0.6) is 0 Å². The van der Waals surface area contributed by atoms with Crippen LogP contribution in [-0.4, -0.2) is 14.8 Å². The van der Waals surface area contributed by atoms with Crippen molar-refractivity contribution in [2.45, 2.75) is 6.54 Å². The average Bonchev–Trinajstić information content (AvgIpc) is 2.86. The van der Waals surface area contributed by atoms with Gasteiger partial charge in [0.1, 0.15) is 0 Å². The SMILES string of the molecule is Cn1ccc(CNc2cccc3c(=O)[nH][nH]c(=O)c23)c1. The van der Waals surface area contributed by atoms with Crippen LogP contribution < -0.4 is 16.4 Å². The van der Waals surface area contributed by atoms with E-state index >= 15 is 0 Å². The summed E-state index contributed by atoms with van der Waals surface area (Å²) in [6.45, 7) is 0.589. The Kier molecular flexibility index (Phi) is 2.90. The summed E-state index contributed by atoms with van der Waals surface area (Å²) in [6, 6.07) is 7.18. The first-order valence-electron chi connectivity index (χ1n) is 6.23. The number of fused-ring (bicyclic) bond motifs is 1. The largest absolute Gasteiger partial charge is 0.380 e. The summed E-state index contributed by atoms with van der Waals surface area (Å²) in [6.07, 6.45) is 3.95. The summed E-state index contributed by atoms with van der Waals surface area (Å²) >= 11 is 0. The zero-order valence-electron chi connectivity index (χ0n) is 10.9. The Bertz CT molecular complexity index is 873. The molecule has 102 valence electrons. The van der Waals surface area contributed by atoms with E-state index in [-0.39, 0.29) is 11.1 Å². The summed E-state index contributed by atoms with van der Waals surface area (Å²) in [5.74, 6) is 0. The van der Waals surface area contributed by atoms with E-state index in [1.807, 2.05) is 30.1 Å². The van der Waals surface area contributed by atoms with Crippen molar-refractivity contribution in [2.75, 3.05) is 5.32 Å². The molecule has 0 aliphatic rings. The first-order valence-corrected chi connectivity index (χ1v) is 6.23. The minimum atomic E-state index is -0.309. The molecule has 0 atom stereocenters. The summed E-state index contributed by atoms with van der Waals surface area (Å²) in [4.78, 5) is 23.6. The van der Waals surface area contributed by atoms with Crippen molar-refractivity contribution in [1.29, 1.82) is 0 Å². The molecule has 0 saturated heterocycles. The minimum Gasteiger partial charge on any atom is -0.380 e. The standard InChI is InChI=1S/C14H14N4O2/c1-18-6-5-9(8-18)7-15-11-4-2-3-10-12(11)14(20)17-16-13(10)19/h2-6,8,15H,7H2,1H3,(H,16,19)(H,17,20). The maximum absolute atomic E-state index is 11.9. The Balaban J connectivity index is 2.01. The van der Waals surface area contributed by atoms with Crippen LogP contribution in [-0.2, 0) is 13.6 Å². The van der Waals surface area contributed by atoms with Crippen molar-refractivity contribution in [3.8, 4) is 0 Å². The number of benzene rings is 1. The second-order valence-electron chi connectivity index (χ2n) is 4.68. The van der Waals surface area contributed by atoms with Crippen molar-refractivity contribution in [2.24, 2.45) is 7.05 Å². The van der Waals surface area contributed by atoms with Crippen LogP contribution in [0.3, 0.4) is 0 Å². The molecule has 0 bridgehead atoms. The van der Waals surface area contributed by atoms with Gasteiger partial charge < -0.3 is 9.88 Å². The van der Waals surface area contributed by atoms with Crippen molar-refractivity contribution < 1.29 is 0 Å². The topological polar surface area (TPSA) is 82.7 Å². The minimum absolute atomic E-state index is 0.303. The number of nitrogens with zero attached hydrogens (tertiary/aromatic N) is 1. The molecule has 6 heteroatoms. The molecular weight excluding hydrogens is 256 g/mol. The molecule has 0 saturated carbocycles. The van der Waals surface area contributed by atoms with Gasteiger partial charge in [-0.05, 0) is 23.8 Å². The Hall–Kier alpha value is -2.76. The van der Waals surface area contributed by atoms with Crippen LogP contribution in [0.4, 0.5) is 5.69 Å². The highest BCUT2D eigenvalue weighted by Gasteiger charge is 2.07. The van der Waals surface area contributed by atoms with Gasteiger partial charge in [0.25, 0.3) is 11.1 Å². The lowest BCUT2D eigenvalue weighted by Crippen LogP contribution is -2.20. The van der Waals surface area contributed by atoms with Gasteiger partial charge in [0.15, 0.2) is 0 Å². The molecule has 0 aliphatic heterocycles. The Labute approximate surface area is 114 Å². The predicted octanol–water partition coefficient (Wildman–Crippen LogP) is 1.17. The number of H-pyrrole nitrogens is 2. The second-order valence-corrected chi connectivity index (χ2v) is 4.68. The van der Waals surface area contributed by atoms with Crippen LogP contribution in [0.2, 0.25) is 0 Å². The average molecular weight is 270 g/mol. The first-order chi connectivity index (χ1) is 9.65. The second kappa shape index (κ2) is 4.73. The molecule has 0 aliphatic carbocycles. The third-order valence-corrected chi connectivity index (χ3v) is 3.20. The Morgan fingerprint density at radius 1 is 1.15 bits per heavy atom. The van der Waals surface area contributed by atoms with Crippen LogP contribution in [0.25, 0.3) is 10.8 Å². The quantitative estimate of drug-likeness (QED) is 0.668. The molecule has 1 aromatic carbocycles. The summed E-state index contributed by atoms with van der Waals surface area (Å²) in [5, 5.41) is 8.63. The van der Waals surface area contributed by atoms with Gasteiger partial charge in [-0.25, -0.2) is 0 Å². The molecule has 3 aromatic rings. The summed E-state index contributed by atoms with van der Waals surface area (Å²) < 4.78 is 1.96. The van der Waals surface area contributed by atoms with E-state index in [1.165, 1.54) is 0 Å². The first kappa shape index (κ1) is 12.3. The molecule has 2 aromatic heterocycles.